The van der Waals surface area contributed by atoms with E-state index >= 15 is 0 Å². The SMILES string of the molecule is [2H]c1cc(-c2cccc(-c3c([2H])c([2H])c([2H])c([2H])c3[2H])c2N2CN(c3cccc(Oc4ccc5c6cc(C(C)(C)C)ccc6n(-c6ccccn6)c5c4)c3)c3ccccc32)c([2H])c([2H])c1[2H]. The molecule has 0 bridgehead atoms. The quantitative estimate of drug-likeness (QED) is 0.163. The lowest BCUT2D eigenvalue weighted by atomic mass is 9.86. The van der Waals surface area contributed by atoms with Crippen molar-refractivity contribution in [1.29, 1.82) is 0 Å². The lowest BCUT2D eigenvalue weighted by molar-refractivity contribution is 0.483. The van der Waals surface area contributed by atoms with Gasteiger partial charge in [-0.1, -0.05) is 130 Å². The highest BCUT2D eigenvalue weighted by Gasteiger charge is 2.31. The van der Waals surface area contributed by atoms with Crippen LogP contribution in [0, 0.1) is 0 Å². The molecule has 0 fully saturated rings. The minimum absolute atomic E-state index is 0.0290. The largest absolute Gasteiger partial charge is 0.457 e. The molecule has 0 amide bonds. The van der Waals surface area contributed by atoms with Crippen molar-refractivity contribution in [3.63, 3.8) is 0 Å². The summed E-state index contributed by atoms with van der Waals surface area (Å²) in [4.78, 5) is 8.77. The third-order valence-corrected chi connectivity index (χ3v) is 10.5. The molecule has 1 aliphatic heterocycles. The first kappa shape index (κ1) is 25.9. The molecule has 276 valence electrons. The lowest BCUT2D eigenvalue weighted by Gasteiger charge is -2.27. The maximum atomic E-state index is 9.01. The van der Waals surface area contributed by atoms with Crippen molar-refractivity contribution in [1.82, 2.24) is 9.55 Å². The fourth-order valence-electron chi connectivity index (χ4n) is 7.80. The van der Waals surface area contributed by atoms with Crippen molar-refractivity contribution in [3.05, 3.63) is 194 Å². The van der Waals surface area contributed by atoms with Crippen LogP contribution in [-0.2, 0) is 5.41 Å². The Balaban J connectivity index is 1.09. The summed E-state index contributed by atoms with van der Waals surface area (Å²) in [6.07, 6.45) is 1.79. The normalized spacial score (nSPS) is 14.9. The Kier molecular flexibility index (Phi) is 6.30. The molecule has 5 nitrogen and oxygen atoms in total. The van der Waals surface area contributed by atoms with Crippen LogP contribution >= 0.6 is 0 Å². The van der Waals surface area contributed by atoms with Crippen molar-refractivity contribution in [2.24, 2.45) is 0 Å². The Morgan fingerprint density at radius 2 is 1.30 bits per heavy atom. The Morgan fingerprint density at radius 3 is 2.09 bits per heavy atom. The van der Waals surface area contributed by atoms with E-state index in [-0.39, 0.29) is 41.3 Å². The topological polar surface area (TPSA) is 33.5 Å². The standard InChI is InChI=1S/C52H42N4O/c1-52(2,3)38-27-30-46-45(32-38)44-29-28-41(34-49(44)56(46)50-26-12-13-31-53-50)57-40-21-14-20-39(33-40)54-35-55(48-25-11-10-24-47(48)54)51-42(36-16-6-4-7-17-36)22-15-23-43(51)37-18-8-5-9-19-37/h4-34H,35H2,1-3H3/i4D,5D,6D,7D,8D,9D,16D,17D,18D. The van der Waals surface area contributed by atoms with Gasteiger partial charge in [0.1, 0.15) is 24.0 Å². The van der Waals surface area contributed by atoms with E-state index in [4.69, 9.17) is 22.1 Å². The summed E-state index contributed by atoms with van der Waals surface area (Å²) >= 11 is 0. The molecule has 0 saturated heterocycles. The van der Waals surface area contributed by atoms with Gasteiger partial charge in [0.05, 0.1) is 40.4 Å². The van der Waals surface area contributed by atoms with Gasteiger partial charge in [-0.15, -0.1) is 0 Å². The first-order valence-electron chi connectivity index (χ1n) is 23.3. The van der Waals surface area contributed by atoms with Crippen LogP contribution < -0.4 is 14.5 Å². The molecule has 10 rings (SSSR count). The molecule has 0 atom stereocenters. The van der Waals surface area contributed by atoms with Crippen LogP contribution in [0.5, 0.6) is 11.5 Å². The van der Waals surface area contributed by atoms with Crippen LogP contribution in [0.3, 0.4) is 0 Å². The van der Waals surface area contributed by atoms with Gasteiger partial charge in [-0.05, 0) is 82.8 Å². The average molecular weight is 748 g/mol. The van der Waals surface area contributed by atoms with Crippen LogP contribution in [0.1, 0.15) is 38.7 Å². The number of hydrogen-bond acceptors (Lipinski definition) is 4. The summed E-state index contributed by atoms with van der Waals surface area (Å²) in [7, 11) is 0. The zero-order valence-electron chi connectivity index (χ0n) is 40.6. The van der Waals surface area contributed by atoms with Crippen molar-refractivity contribution < 1.29 is 17.1 Å². The van der Waals surface area contributed by atoms with Crippen LogP contribution in [0.4, 0.5) is 22.7 Å². The second kappa shape index (κ2) is 13.9. The van der Waals surface area contributed by atoms with Gasteiger partial charge in [-0.2, -0.15) is 0 Å². The first-order valence-corrected chi connectivity index (χ1v) is 18.8. The zero-order chi connectivity index (χ0) is 46.3. The molecular formula is C52H42N4O. The summed E-state index contributed by atoms with van der Waals surface area (Å²) < 4.78 is 86.6. The minimum Gasteiger partial charge on any atom is -0.457 e. The summed E-state index contributed by atoms with van der Waals surface area (Å²) in [5.74, 6) is 2.00. The molecule has 1 aliphatic rings. The number of nitrogens with zero attached hydrogens (tertiary/aromatic N) is 4. The predicted octanol–water partition coefficient (Wildman–Crippen LogP) is 13.8. The van der Waals surface area contributed by atoms with Gasteiger partial charge in [0.15, 0.2) is 0 Å². The zero-order valence-corrected chi connectivity index (χ0v) is 31.6. The summed E-state index contributed by atoms with van der Waals surface area (Å²) in [6.45, 7) is 6.81. The number of pyridine rings is 1. The second-order valence-electron chi connectivity index (χ2n) is 15.0. The first-order chi connectivity index (χ1) is 31.6. The molecule has 0 radical (unpaired) electrons. The molecular weight excluding hydrogens is 697 g/mol. The molecule has 0 N–H and O–H groups in total. The fraction of sp³-hybridized carbons (Fsp3) is 0.0962. The number of benzene rings is 7. The van der Waals surface area contributed by atoms with E-state index in [1.54, 1.807) is 24.4 Å². The maximum absolute atomic E-state index is 9.01. The van der Waals surface area contributed by atoms with E-state index in [0.29, 0.717) is 28.3 Å². The average Bonchev–Trinajstić information content (AvgIpc) is 3.86. The number of ether oxygens (including phenoxy) is 1. The number of anilines is 4. The molecule has 0 saturated carbocycles. The molecule has 0 unspecified atom stereocenters. The summed E-state index contributed by atoms with van der Waals surface area (Å²) in [5, 5.41) is 2.20. The third kappa shape index (κ3) is 6.18. The van der Waals surface area contributed by atoms with Crippen LogP contribution in [0.15, 0.2) is 188 Å². The highest BCUT2D eigenvalue weighted by molar-refractivity contribution is 6.10. The minimum atomic E-state index is -0.520. The Labute approximate surface area is 346 Å². The van der Waals surface area contributed by atoms with E-state index in [1.165, 1.54) is 11.6 Å². The molecule has 0 spiro atoms. The van der Waals surface area contributed by atoms with Crippen molar-refractivity contribution in [2.75, 3.05) is 16.5 Å². The van der Waals surface area contributed by atoms with E-state index in [9.17, 15) is 0 Å². The summed E-state index contributed by atoms with van der Waals surface area (Å²) in [5.41, 5.74) is 6.78. The van der Waals surface area contributed by atoms with E-state index in [2.05, 4.69) is 54.5 Å². The van der Waals surface area contributed by atoms with Gasteiger partial charge < -0.3 is 14.5 Å². The Hall–Kier alpha value is -7.11. The smallest absolute Gasteiger partial charge is 0.137 e. The van der Waals surface area contributed by atoms with E-state index < -0.39 is 36.3 Å². The molecule has 0 aliphatic carbocycles. The number of aromatic nitrogens is 2. The molecule has 2 aromatic heterocycles. The number of para-hydroxylation sites is 3. The highest BCUT2D eigenvalue weighted by Crippen LogP contribution is 2.50. The molecule has 7 aromatic carbocycles. The molecule has 5 heteroatoms. The predicted molar refractivity (Wildman–Crippen MR) is 237 cm³/mol. The number of hydrogen-bond donors (Lipinski definition) is 0. The lowest BCUT2D eigenvalue weighted by Crippen LogP contribution is -2.24. The maximum Gasteiger partial charge on any atom is 0.137 e. The van der Waals surface area contributed by atoms with Gasteiger partial charge in [0.25, 0.3) is 0 Å². The van der Waals surface area contributed by atoms with E-state index in [0.717, 1.165) is 44.7 Å². The summed E-state index contributed by atoms with van der Waals surface area (Å²) in [6, 6.07) is 36.9. The third-order valence-electron chi connectivity index (χ3n) is 10.5. The second-order valence-corrected chi connectivity index (χ2v) is 15.0. The monoisotopic (exact) mass is 747 g/mol. The fourth-order valence-corrected chi connectivity index (χ4v) is 7.80. The van der Waals surface area contributed by atoms with Crippen molar-refractivity contribution in [2.45, 2.75) is 26.2 Å². The molecule has 57 heavy (non-hydrogen) atoms. The van der Waals surface area contributed by atoms with Crippen LogP contribution in [-0.4, -0.2) is 16.2 Å². The van der Waals surface area contributed by atoms with Gasteiger partial charge >= 0.3 is 0 Å². The number of fused-ring (bicyclic) bond motifs is 4. The Morgan fingerprint density at radius 1 is 0.579 bits per heavy atom. The van der Waals surface area contributed by atoms with Crippen molar-refractivity contribution in [3.8, 4) is 39.6 Å². The number of rotatable bonds is 7. The molecule has 3 heterocycles. The van der Waals surface area contributed by atoms with Crippen LogP contribution in [0.25, 0.3) is 49.9 Å². The Bertz CT molecular complexity index is 3410. The molecule has 9 aromatic rings. The van der Waals surface area contributed by atoms with Gasteiger partial charge in [-0.3, -0.25) is 4.57 Å². The van der Waals surface area contributed by atoms with Gasteiger partial charge in [-0.25, -0.2) is 4.98 Å². The van der Waals surface area contributed by atoms with Crippen molar-refractivity contribution >= 4 is 44.6 Å². The highest BCUT2D eigenvalue weighted by atomic mass is 16.5. The van der Waals surface area contributed by atoms with E-state index in [1.807, 2.05) is 83.8 Å². The van der Waals surface area contributed by atoms with Gasteiger partial charge in [0, 0.05) is 45.9 Å². The van der Waals surface area contributed by atoms with Gasteiger partial charge in [0.2, 0.25) is 0 Å². The van der Waals surface area contributed by atoms with Crippen LogP contribution in [0.2, 0.25) is 0 Å².